The molecule has 0 bridgehead atoms. The Morgan fingerprint density at radius 1 is 0.789 bits per heavy atom. The molecule has 0 spiro atoms. The van der Waals surface area contributed by atoms with Crippen LogP contribution in [-0.4, -0.2) is 36.0 Å². The molecule has 1 fully saturated rings. The Balaban J connectivity index is 2.70. The van der Waals surface area contributed by atoms with E-state index >= 15 is 0 Å². The van der Waals surface area contributed by atoms with Gasteiger partial charge in [0.25, 0.3) is 0 Å². The van der Waals surface area contributed by atoms with Crippen molar-refractivity contribution in [1.29, 1.82) is 0 Å². The summed E-state index contributed by atoms with van der Waals surface area (Å²) in [4.78, 5) is 61.1. The second kappa shape index (κ2) is 6.66. The molecule has 2 unspecified atom stereocenters. The highest BCUT2D eigenvalue weighted by molar-refractivity contribution is 5.83. The van der Waals surface area contributed by atoms with E-state index in [0.717, 1.165) is 0 Å². The Kier molecular flexibility index (Phi) is 5.21. The van der Waals surface area contributed by atoms with Crippen molar-refractivity contribution in [3.8, 4) is 0 Å². The second-order valence-corrected chi connectivity index (χ2v) is 3.67. The molecule has 0 aromatic rings. The van der Waals surface area contributed by atoms with Gasteiger partial charge in [-0.3, -0.25) is 0 Å². The summed E-state index contributed by atoms with van der Waals surface area (Å²) in [6.45, 7) is 0. The summed E-state index contributed by atoms with van der Waals surface area (Å²) in [7, 11) is 0. The maximum absolute atomic E-state index is 11.2. The summed E-state index contributed by atoms with van der Waals surface area (Å²) in [5.41, 5.74) is 10.6. The molecule has 1 saturated heterocycles. The second-order valence-electron chi connectivity index (χ2n) is 3.67. The topological polar surface area (TPSA) is 157 Å². The van der Waals surface area contributed by atoms with Gasteiger partial charge in [-0.05, 0) is 6.42 Å². The lowest BCUT2D eigenvalue weighted by Crippen LogP contribution is -2.37. The van der Waals surface area contributed by atoms with E-state index in [2.05, 4.69) is 19.6 Å². The molecule has 0 saturated carbocycles. The van der Waals surface area contributed by atoms with Crippen LogP contribution in [-0.2, 0) is 38.7 Å². The Bertz CT molecular complexity index is 396. The first kappa shape index (κ1) is 14.9. The van der Waals surface area contributed by atoms with E-state index in [1.165, 1.54) is 0 Å². The van der Waals surface area contributed by atoms with Gasteiger partial charge in [0.05, 0.1) is 12.8 Å². The standard InChI is InChI=1S/C9H12N2O8/c10-4-1-2-6(12)16-17-7(13)3-5(11)9(15)19-18-8(4)14/h4-5H,1-3,10-11H2. The predicted octanol–water partition coefficient (Wildman–Crippen LogP) is -2.17. The fourth-order valence-corrected chi connectivity index (χ4v) is 1.03. The lowest BCUT2D eigenvalue weighted by molar-refractivity contribution is -0.263. The molecule has 10 nitrogen and oxygen atoms in total. The SMILES string of the molecule is NC1CCC(=O)OOC(=O)CC(N)C(=O)OOC1=O. The van der Waals surface area contributed by atoms with Crippen LogP contribution < -0.4 is 11.5 Å². The van der Waals surface area contributed by atoms with E-state index < -0.39 is 42.4 Å². The molecule has 19 heavy (non-hydrogen) atoms. The van der Waals surface area contributed by atoms with Gasteiger partial charge in [-0.1, -0.05) is 0 Å². The fourth-order valence-electron chi connectivity index (χ4n) is 1.03. The molecular weight excluding hydrogens is 264 g/mol. The molecule has 10 heteroatoms. The molecule has 0 aromatic heterocycles. The molecular formula is C9H12N2O8. The predicted molar refractivity (Wildman–Crippen MR) is 54.2 cm³/mol. The maximum atomic E-state index is 11.2. The molecule has 1 heterocycles. The van der Waals surface area contributed by atoms with E-state index in [0.29, 0.717) is 0 Å². The molecule has 0 aromatic carbocycles. The summed E-state index contributed by atoms with van der Waals surface area (Å²) in [5, 5.41) is 0. The Hall–Kier alpha value is -2.20. The van der Waals surface area contributed by atoms with Crippen LogP contribution in [0.5, 0.6) is 0 Å². The van der Waals surface area contributed by atoms with Crippen molar-refractivity contribution in [2.24, 2.45) is 11.5 Å². The van der Waals surface area contributed by atoms with Crippen LogP contribution in [0, 0.1) is 0 Å². The van der Waals surface area contributed by atoms with E-state index in [1.807, 2.05) is 0 Å². The van der Waals surface area contributed by atoms with Crippen molar-refractivity contribution in [3.63, 3.8) is 0 Å². The average molecular weight is 276 g/mol. The smallest absolute Gasteiger partial charge is 0.318 e. The van der Waals surface area contributed by atoms with Crippen molar-refractivity contribution in [1.82, 2.24) is 0 Å². The molecule has 106 valence electrons. The minimum absolute atomic E-state index is 0.140. The number of rotatable bonds is 0. The van der Waals surface area contributed by atoms with Gasteiger partial charge in [0.15, 0.2) is 0 Å². The zero-order valence-electron chi connectivity index (χ0n) is 9.70. The lowest BCUT2D eigenvalue weighted by Gasteiger charge is -2.09. The van der Waals surface area contributed by atoms with Crippen LogP contribution in [0.15, 0.2) is 0 Å². The van der Waals surface area contributed by atoms with Crippen molar-refractivity contribution >= 4 is 23.9 Å². The van der Waals surface area contributed by atoms with E-state index in [4.69, 9.17) is 11.5 Å². The van der Waals surface area contributed by atoms with Gasteiger partial charge in [0, 0.05) is 0 Å². The first-order valence-electron chi connectivity index (χ1n) is 5.23. The third-order valence-electron chi connectivity index (χ3n) is 2.09. The van der Waals surface area contributed by atoms with Crippen molar-refractivity contribution in [2.75, 3.05) is 0 Å². The van der Waals surface area contributed by atoms with Gasteiger partial charge < -0.3 is 11.5 Å². The molecule has 1 aliphatic rings. The molecule has 1 aliphatic heterocycles. The Labute approximate surface area is 106 Å². The number of carbonyl (C=O) groups excluding carboxylic acids is 4. The van der Waals surface area contributed by atoms with Crippen LogP contribution in [0.1, 0.15) is 19.3 Å². The highest BCUT2D eigenvalue weighted by Gasteiger charge is 2.27. The van der Waals surface area contributed by atoms with Crippen LogP contribution >= 0.6 is 0 Å². The van der Waals surface area contributed by atoms with Gasteiger partial charge in [-0.25, -0.2) is 38.7 Å². The van der Waals surface area contributed by atoms with E-state index in [9.17, 15) is 19.2 Å². The van der Waals surface area contributed by atoms with Crippen LogP contribution in [0.2, 0.25) is 0 Å². The number of nitrogens with two attached hydrogens (primary N) is 2. The van der Waals surface area contributed by atoms with Crippen LogP contribution in [0.4, 0.5) is 0 Å². The minimum atomic E-state index is -1.43. The minimum Gasteiger partial charge on any atom is -0.318 e. The van der Waals surface area contributed by atoms with Crippen molar-refractivity contribution in [3.05, 3.63) is 0 Å². The molecule has 1 rings (SSSR count). The fraction of sp³-hybridized carbons (Fsp3) is 0.556. The van der Waals surface area contributed by atoms with Crippen LogP contribution in [0.25, 0.3) is 0 Å². The highest BCUT2D eigenvalue weighted by Crippen LogP contribution is 2.04. The largest absolute Gasteiger partial charge is 0.372 e. The Morgan fingerprint density at radius 3 is 1.95 bits per heavy atom. The maximum Gasteiger partial charge on any atom is 0.372 e. The number of hydrogen-bond acceptors (Lipinski definition) is 10. The normalized spacial score (nSPS) is 26.8. The summed E-state index contributed by atoms with van der Waals surface area (Å²) < 4.78 is 0. The first-order chi connectivity index (χ1) is 8.90. The highest BCUT2D eigenvalue weighted by atomic mass is 17.2. The third kappa shape index (κ3) is 4.89. The van der Waals surface area contributed by atoms with Gasteiger partial charge in [-0.2, -0.15) is 0 Å². The van der Waals surface area contributed by atoms with Crippen molar-refractivity contribution in [2.45, 2.75) is 31.3 Å². The first-order valence-corrected chi connectivity index (χ1v) is 5.23. The molecule has 4 N–H and O–H groups in total. The summed E-state index contributed by atoms with van der Waals surface area (Å²) in [6, 6.07) is -2.64. The lowest BCUT2D eigenvalue weighted by atomic mass is 10.2. The van der Waals surface area contributed by atoms with Gasteiger partial charge in [-0.15, -0.1) is 0 Å². The zero-order chi connectivity index (χ0) is 14.4. The average Bonchev–Trinajstić information content (AvgIpc) is 2.38. The molecule has 0 amide bonds. The summed E-state index contributed by atoms with van der Waals surface area (Å²) in [6.07, 6.45) is -1.04. The van der Waals surface area contributed by atoms with Crippen molar-refractivity contribution < 1.29 is 38.7 Å². The summed E-state index contributed by atoms with van der Waals surface area (Å²) >= 11 is 0. The van der Waals surface area contributed by atoms with E-state index in [1.54, 1.807) is 0 Å². The Morgan fingerprint density at radius 2 is 1.32 bits per heavy atom. The summed E-state index contributed by atoms with van der Waals surface area (Å²) in [5.74, 6) is -4.17. The van der Waals surface area contributed by atoms with Gasteiger partial charge in [0.1, 0.15) is 12.1 Å². The number of hydrogen-bond donors (Lipinski definition) is 2. The monoisotopic (exact) mass is 276 g/mol. The third-order valence-corrected chi connectivity index (χ3v) is 2.09. The van der Waals surface area contributed by atoms with Gasteiger partial charge in [0.2, 0.25) is 0 Å². The number of carbonyl (C=O) groups is 4. The van der Waals surface area contributed by atoms with E-state index in [-0.39, 0.29) is 12.8 Å². The quantitative estimate of drug-likeness (QED) is 0.466. The van der Waals surface area contributed by atoms with Crippen LogP contribution in [0.3, 0.4) is 0 Å². The van der Waals surface area contributed by atoms with Gasteiger partial charge >= 0.3 is 23.9 Å². The molecule has 0 radical (unpaired) electrons. The molecule has 2 atom stereocenters. The molecule has 0 aliphatic carbocycles. The zero-order valence-corrected chi connectivity index (χ0v) is 9.70.